The van der Waals surface area contributed by atoms with Gasteiger partial charge >= 0.3 is 0 Å². The number of ether oxygens (including phenoxy) is 3. The summed E-state index contributed by atoms with van der Waals surface area (Å²) in [6.45, 7) is 5.28. The highest BCUT2D eigenvalue weighted by Crippen LogP contribution is 2.44. The van der Waals surface area contributed by atoms with Crippen molar-refractivity contribution in [3.63, 3.8) is 0 Å². The topological polar surface area (TPSA) is 164 Å². The number of rotatable bonds is 5. The van der Waals surface area contributed by atoms with E-state index in [2.05, 4.69) is 40.5 Å². The van der Waals surface area contributed by atoms with Crippen LogP contribution in [0.1, 0.15) is 20.1 Å². The summed E-state index contributed by atoms with van der Waals surface area (Å²) in [4.78, 5) is 30.6. The molecule has 2 N–H and O–H groups in total. The van der Waals surface area contributed by atoms with Crippen molar-refractivity contribution < 1.29 is 19.0 Å². The number of imidazole rings is 1. The first-order valence-electron chi connectivity index (χ1n) is 10.3. The van der Waals surface area contributed by atoms with E-state index in [-0.39, 0.29) is 17.9 Å². The fourth-order valence-electron chi connectivity index (χ4n) is 4.41. The quantitative estimate of drug-likeness (QED) is 0.383. The maximum atomic E-state index is 12.4. The van der Waals surface area contributed by atoms with Crippen LogP contribution in [0.3, 0.4) is 0 Å². The molecule has 14 nitrogen and oxygen atoms in total. The largest absolute Gasteiger partial charge is 0.363 e. The molecule has 5 rings (SSSR count). The normalized spacial score (nSPS) is 29.4. The Hall–Kier alpha value is -3.03. The molecule has 2 aromatic heterocycles. The van der Waals surface area contributed by atoms with E-state index in [0.717, 1.165) is 13.1 Å². The average Bonchev–Trinajstić information content (AvgIpc) is 3.37. The summed E-state index contributed by atoms with van der Waals surface area (Å²) in [5.41, 5.74) is 9.81. The van der Waals surface area contributed by atoms with E-state index in [1.165, 1.54) is 7.05 Å². The third-order valence-electron chi connectivity index (χ3n) is 5.76. The summed E-state index contributed by atoms with van der Waals surface area (Å²) in [7, 11) is 3.56. The van der Waals surface area contributed by atoms with Gasteiger partial charge in [0, 0.05) is 25.0 Å². The molecule has 170 valence electrons. The minimum Gasteiger partial charge on any atom is -0.363 e. The lowest BCUT2D eigenvalue weighted by Crippen LogP contribution is -2.52. The van der Waals surface area contributed by atoms with Crippen molar-refractivity contribution in [1.82, 2.24) is 29.7 Å². The van der Waals surface area contributed by atoms with Gasteiger partial charge in [0.25, 0.3) is 5.91 Å². The predicted molar refractivity (Wildman–Crippen MR) is 111 cm³/mol. The zero-order valence-electron chi connectivity index (χ0n) is 18.1. The number of nitrogens with one attached hydrogen (secondary N) is 2. The summed E-state index contributed by atoms with van der Waals surface area (Å²) in [6.07, 6.45) is -1.21. The smallest absolute Gasteiger partial charge is 0.251 e. The minimum atomic E-state index is -0.881. The van der Waals surface area contributed by atoms with Gasteiger partial charge in [-0.25, -0.2) is 15.0 Å². The van der Waals surface area contributed by atoms with Crippen LogP contribution in [-0.4, -0.2) is 87.7 Å². The zero-order valence-corrected chi connectivity index (χ0v) is 18.1. The molecule has 2 aromatic rings. The van der Waals surface area contributed by atoms with Crippen LogP contribution < -0.4 is 10.6 Å². The van der Waals surface area contributed by atoms with Gasteiger partial charge in [0.05, 0.1) is 12.4 Å². The van der Waals surface area contributed by atoms with Crippen molar-refractivity contribution in [3.8, 4) is 0 Å². The Morgan fingerprint density at radius 1 is 1.31 bits per heavy atom. The van der Waals surface area contributed by atoms with Crippen molar-refractivity contribution in [2.24, 2.45) is 5.11 Å². The third-order valence-corrected chi connectivity index (χ3v) is 5.76. The monoisotopic (exact) mass is 444 g/mol. The molecule has 0 spiro atoms. The number of carbonyl (C=O) groups excluding carboxylic acids is 1. The van der Waals surface area contributed by atoms with Crippen molar-refractivity contribution in [2.75, 3.05) is 32.5 Å². The third kappa shape index (κ3) is 3.42. The van der Waals surface area contributed by atoms with Gasteiger partial charge < -0.3 is 29.7 Å². The van der Waals surface area contributed by atoms with Gasteiger partial charge in [0.15, 0.2) is 35.1 Å². The van der Waals surface area contributed by atoms with E-state index in [1.807, 2.05) is 7.05 Å². The number of aromatic nitrogens is 4. The van der Waals surface area contributed by atoms with E-state index in [0.29, 0.717) is 17.0 Å². The van der Waals surface area contributed by atoms with Crippen LogP contribution in [0.4, 0.5) is 11.8 Å². The molecular weight excluding hydrogens is 420 g/mol. The van der Waals surface area contributed by atoms with Crippen LogP contribution in [0, 0.1) is 0 Å². The second-order valence-electron chi connectivity index (χ2n) is 8.57. The first-order chi connectivity index (χ1) is 15.3. The van der Waals surface area contributed by atoms with Crippen molar-refractivity contribution in [3.05, 3.63) is 16.8 Å². The highest BCUT2D eigenvalue weighted by atomic mass is 16.8. The number of likely N-dealkylation sites (tertiary alicyclic amines) is 1. The zero-order chi connectivity index (χ0) is 22.6. The number of nitrogens with zero attached hydrogens (tertiary/aromatic N) is 8. The Labute approximate surface area is 182 Å². The molecule has 3 aliphatic rings. The highest BCUT2D eigenvalue weighted by Gasteiger charge is 2.58. The maximum Gasteiger partial charge on any atom is 0.251 e. The van der Waals surface area contributed by atoms with Crippen molar-refractivity contribution in [1.29, 1.82) is 0 Å². The van der Waals surface area contributed by atoms with E-state index in [9.17, 15) is 4.79 Å². The number of fused-ring (bicyclic) bond motifs is 2. The van der Waals surface area contributed by atoms with E-state index in [1.54, 1.807) is 24.7 Å². The van der Waals surface area contributed by atoms with Crippen LogP contribution in [0.15, 0.2) is 11.4 Å². The minimum absolute atomic E-state index is 0.0433. The van der Waals surface area contributed by atoms with Gasteiger partial charge in [-0.15, -0.1) is 0 Å². The van der Waals surface area contributed by atoms with Crippen LogP contribution in [0.2, 0.25) is 0 Å². The Morgan fingerprint density at radius 2 is 2.06 bits per heavy atom. The Kier molecular flexibility index (Phi) is 4.91. The molecule has 32 heavy (non-hydrogen) atoms. The lowest BCUT2D eigenvalue weighted by atomic mass is 10.1. The summed E-state index contributed by atoms with van der Waals surface area (Å²) in [5.74, 6) is -0.767. The van der Waals surface area contributed by atoms with Crippen LogP contribution in [-0.2, 0) is 19.0 Å². The van der Waals surface area contributed by atoms with Gasteiger partial charge in [-0.05, 0) is 31.5 Å². The molecule has 0 aliphatic carbocycles. The van der Waals surface area contributed by atoms with Crippen LogP contribution in [0.25, 0.3) is 21.6 Å². The van der Waals surface area contributed by atoms with Gasteiger partial charge in [0.2, 0.25) is 5.95 Å². The molecule has 1 amide bonds. The number of hydrogen-bond acceptors (Lipinski definition) is 10. The first kappa shape index (κ1) is 20.8. The summed E-state index contributed by atoms with van der Waals surface area (Å²) in [6, 6.07) is 0.194. The molecule has 0 unspecified atom stereocenters. The molecule has 4 atom stereocenters. The first-order valence-corrected chi connectivity index (χ1v) is 10.3. The van der Waals surface area contributed by atoms with Crippen LogP contribution >= 0.6 is 0 Å². The van der Waals surface area contributed by atoms with Crippen molar-refractivity contribution in [2.45, 2.75) is 50.2 Å². The molecular formula is C18H24N10O4. The summed E-state index contributed by atoms with van der Waals surface area (Å²) in [5, 5.41) is 9.52. The second-order valence-corrected chi connectivity index (χ2v) is 8.57. The summed E-state index contributed by atoms with van der Waals surface area (Å²) < 4.78 is 19.8. The van der Waals surface area contributed by atoms with Gasteiger partial charge in [-0.1, -0.05) is 0 Å². The Morgan fingerprint density at radius 3 is 2.75 bits per heavy atom. The van der Waals surface area contributed by atoms with E-state index < -0.39 is 30.3 Å². The highest BCUT2D eigenvalue weighted by molar-refractivity contribution is 5.85. The number of likely N-dealkylation sites (N-methyl/N-ethyl adjacent to an activating group) is 2. The number of anilines is 1. The van der Waals surface area contributed by atoms with Gasteiger partial charge in [-0.3, -0.25) is 9.36 Å². The average molecular weight is 444 g/mol. The van der Waals surface area contributed by atoms with E-state index >= 15 is 0 Å². The molecule has 5 heterocycles. The van der Waals surface area contributed by atoms with E-state index in [4.69, 9.17) is 19.7 Å². The van der Waals surface area contributed by atoms with Gasteiger partial charge in [-0.2, -0.15) is 0 Å². The fraction of sp³-hybridized carbons (Fsp3) is 0.667. The molecule has 0 aromatic carbocycles. The standard InChI is InChI=1S/C18H24N10O4/c1-18(2)31-10-11(15(29)20-3)30-16(12(10)32-18)28-7-21-9-13(22-8-5-27(4)6-8)23-17(25-26-19)24-14(9)28/h7-8,10-12,16H,5-6H2,1-4H3,(H,20,29)(H,22,23,24)/t10-,11+,12-,16-/m1/s1. The molecule has 3 aliphatic heterocycles. The number of hydrogen-bond donors (Lipinski definition) is 2. The maximum absolute atomic E-state index is 12.4. The van der Waals surface area contributed by atoms with Crippen molar-refractivity contribution >= 4 is 28.8 Å². The molecule has 14 heteroatoms. The molecule has 0 bridgehead atoms. The second kappa shape index (κ2) is 7.53. The number of azide groups is 1. The Bertz CT molecular complexity index is 1110. The molecule has 0 radical (unpaired) electrons. The SMILES string of the molecule is CNC(=O)[C@H]1O[C@@H](n2cnc3c(NC4CN(C)C4)nc(N=[N+]=[N-])nc32)[C@@H]2OC(C)(C)O[C@@H]21. The summed E-state index contributed by atoms with van der Waals surface area (Å²) >= 11 is 0. The Balaban J connectivity index is 1.55. The van der Waals surface area contributed by atoms with Gasteiger partial charge in [0.1, 0.15) is 12.2 Å². The number of amides is 1. The molecule has 0 saturated carbocycles. The predicted octanol–water partition coefficient (Wildman–Crippen LogP) is 0.657. The lowest BCUT2D eigenvalue weighted by Gasteiger charge is -2.36. The fourth-order valence-corrected chi connectivity index (χ4v) is 4.41. The van der Waals surface area contributed by atoms with Crippen LogP contribution in [0.5, 0.6) is 0 Å². The molecule has 3 saturated heterocycles. The lowest BCUT2D eigenvalue weighted by molar-refractivity contribution is -0.197. The molecule has 3 fully saturated rings. The number of carbonyl (C=O) groups is 1.